The fourth-order valence-corrected chi connectivity index (χ4v) is 3.47. The number of ether oxygens (including phenoxy) is 1. The highest BCUT2D eigenvalue weighted by molar-refractivity contribution is 6.31. The molecule has 144 valence electrons. The highest BCUT2D eigenvalue weighted by Gasteiger charge is 2.25. The van der Waals surface area contributed by atoms with Crippen LogP contribution in [0.1, 0.15) is 11.3 Å². The zero-order valence-electron chi connectivity index (χ0n) is 15.4. The number of benzene rings is 1. The highest BCUT2D eigenvalue weighted by Crippen LogP contribution is 2.29. The van der Waals surface area contributed by atoms with Crippen LogP contribution in [0.3, 0.4) is 0 Å². The number of hydrogen-bond acceptors (Lipinski definition) is 7. The lowest BCUT2D eigenvalue weighted by atomic mass is 10.2. The molecule has 8 heteroatoms. The molecule has 1 fully saturated rings. The van der Waals surface area contributed by atoms with E-state index in [1.807, 2.05) is 23.1 Å². The Morgan fingerprint density at radius 1 is 1.25 bits per heavy atom. The van der Waals surface area contributed by atoms with Crippen LogP contribution in [0, 0.1) is 11.3 Å². The summed E-state index contributed by atoms with van der Waals surface area (Å²) in [6.07, 6.45) is 1.55. The Hall–Kier alpha value is -2.95. The summed E-state index contributed by atoms with van der Waals surface area (Å²) >= 11 is 6.36. The minimum Gasteiger partial charge on any atom is -0.497 e. The molecular formula is C20H19ClN4O3. The molecule has 4 rings (SSSR count). The molecule has 1 saturated heterocycles. The van der Waals surface area contributed by atoms with Gasteiger partial charge >= 0.3 is 0 Å². The number of nitrogens with zero attached hydrogens (tertiary/aromatic N) is 4. The van der Waals surface area contributed by atoms with E-state index in [1.165, 1.54) is 0 Å². The second kappa shape index (κ2) is 7.97. The van der Waals surface area contributed by atoms with E-state index < -0.39 is 0 Å². The van der Waals surface area contributed by atoms with E-state index >= 15 is 0 Å². The molecule has 7 nitrogen and oxygen atoms in total. The van der Waals surface area contributed by atoms with Crippen LogP contribution in [-0.4, -0.2) is 43.2 Å². The fourth-order valence-electron chi connectivity index (χ4n) is 3.24. The summed E-state index contributed by atoms with van der Waals surface area (Å²) < 4.78 is 16.3. The summed E-state index contributed by atoms with van der Waals surface area (Å²) in [5, 5.41) is 10.1. The van der Waals surface area contributed by atoms with Crippen molar-refractivity contribution in [3.8, 4) is 23.5 Å². The molecule has 0 bridgehead atoms. The summed E-state index contributed by atoms with van der Waals surface area (Å²) in [6.45, 7) is 3.87. The van der Waals surface area contributed by atoms with Crippen molar-refractivity contribution < 1.29 is 13.6 Å². The van der Waals surface area contributed by atoms with Crippen molar-refractivity contribution in [1.29, 1.82) is 5.26 Å². The maximum Gasteiger partial charge on any atom is 0.266 e. The molecule has 0 aliphatic carbocycles. The lowest BCUT2D eigenvalue weighted by Crippen LogP contribution is -2.46. The maximum absolute atomic E-state index is 9.41. The van der Waals surface area contributed by atoms with Crippen molar-refractivity contribution in [3.05, 3.63) is 52.9 Å². The van der Waals surface area contributed by atoms with Gasteiger partial charge in [0, 0.05) is 37.7 Å². The smallest absolute Gasteiger partial charge is 0.266 e. The molecule has 1 aliphatic rings. The molecule has 0 atom stereocenters. The molecular weight excluding hydrogens is 380 g/mol. The van der Waals surface area contributed by atoms with Gasteiger partial charge in [-0.2, -0.15) is 10.2 Å². The van der Waals surface area contributed by atoms with Crippen LogP contribution >= 0.6 is 11.6 Å². The van der Waals surface area contributed by atoms with Crippen LogP contribution in [0.5, 0.6) is 5.75 Å². The number of hydrogen-bond donors (Lipinski definition) is 0. The van der Waals surface area contributed by atoms with E-state index in [2.05, 4.69) is 16.0 Å². The van der Waals surface area contributed by atoms with Crippen molar-refractivity contribution >= 4 is 17.5 Å². The summed E-state index contributed by atoms with van der Waals surface area (Å²) in [7, 11) is 1.63. The Balaban J connectivity index is 1.43. The molecule has 2 aromatic heterocycles. The quantitative estimate of drug-likeness (QED) is 0.646. The molecule has 28 heavy (non-hydrogen) atoms. The first-order valence-electron chi connectivity index (χ1n) is 8.92. The van der Waals surface area contributed by atoms with Gasteiger partial charge < -0.3 is 18.5 Å². The Labute approximate surface area is 167 Å². The molecule has 0 radical (unpaired) electrons. The lowest BCUT2D eigenvalue weighted by molar-refractivity contribution is 0.246. The molecule has 1 aromatic carbocycles. The zero-order valence-corrected chi connectivity index (χ0v) is 16.1. The van der Waals surface area contributed by atoms with Gasteiger partial charge in [-0.15, -0.1) is 0 Å². The highest BCUT2D eigenvalue weighted by atomic mass is 35.5. The first-order chi connectivity index (χ1) is 13.7. The zero-order chi connectivity index (χ0) is 19.5. The molecule has 1 aliphatic heterocycles. The largest absolute Gasteiger partial charge is 0.497 e. The summed E-state index contributed by atoms with van der Waals surface area (Å²) in [6, 6.07) is 11.4. The summed E-state index contributed by atoms with van der Waals surface area (Å²) in [4.78, 5) is 8.62. The van der Waals surface area contributed by atoms with Crippen molar-refractivity contribution in [3.63, 3.8) is 0 Å². The van der Waals surface area contributed by atoms with Gasteiger partial charge in [-0.05, 0) is 29.8 Å². The molecule has 0 amide bonds. The van der Waals surface area contributed by atoms with Gasteiger partial charge in [0.2, 0.25) is 11.6 Å². The first kappa shape index (κ1) is 18.4. The van der Waals surface area contributed by atoms with Crippen molar-refractivity contribution in [2.24, 2.45) is 0 Å². The van der Waals surface area contributed by atoms with Gasteiger partial charge in [-0.25, -0.2) is 0 Å². The number of aromatic nitrogens is 1. The average Bonchev–Trinajstić information content (AvgIpc) is 3.39. The van der Waals surface area contributed by atoms with Gasteiger partial charge in [0.05, 0.1) is 13.4 Å². The average molecular weight is 399 g/mol. The van der Waals surface area contributed by atoms with Gasteiger partial charge in [-0.1, -0.05) is 17.7 Å². The van der Waals surface area contributed by atoms with Crippen LogP contribution in [0.2, 0.25) is 5.02 Å². The minimum atomic E-state index is 0.276. The van der Waals surface area contributed by atoms with Crippen LogP contribution in [-0.2, 0) is 6.54 Å². The van der Waals surface area contributed by atoms with Crippen molar-refractivity contribution in [2.75, 3.05) is 38.2 Å². The SMILES string of the molecule is COc1ccc(CN2CCN(c3oc(-c4ccco4)nc3C#N)CC2)c(Cl)c1. The topological polar surface area (TPSA) is 78.7 Å². The van der Waals surface area contributed by atoms with Gasteiger partial charge in [-0.3, -0.25) is 4.90 Å². The predicted octanol–water partition coefficient (Wildman–Crippen LogP) is 3.79. The van der Waals surface area contributed by atoms with E-state index in [0.29, 0.717) is 22.6 Å². The van der Waals surface area contributed by atoms with Crippen LogP contribution in [0.15, 0.2) is 45.4 Å². The number of nitriles is 1. The van der Waals surface area contributed by atoms with E-state index in [0.717, 1.165) is 44.0 Å². The molecule has 0 unspecified atom stereocenters. The monoisotopic (exact) mass is 398 g/mol. The molecule has 3 heterocycles. The Kier molecular flexibility index (Phi) is 5.24. The number of piperazine rings is 1. The lowest BCUT2D eigenvalue weighted by Gasteiger charge is -2.34. The van der Waals surface area contributed by atoms with Crippen LogP contribution in [0.4, 0.5) is 5.88 Å². The fraction of sp³-hybridized carbons (Fsp3) is 0.300. The Bertz CT molecular complexity index is 986. The Morgan fingerprint density at radius 2 is 2.07 bits per heavy atom. The first-order valence-corrected chi connectivity index (χ1v) is 9.30. The second-order valence-electron chi connectivity index (χ2n) is 6.48. The predicted molar refractivity (Wildman–Crippen MR) is 104 cm³/mol. The molecule has 0 saturated carbocycles. The number of anilines is 1. The molecule has 0 N–H and O–H groups in total. The minimum absolute atomic E-state index is 0.276. The van der Waals surface area contributed by atoms with E-state index in [9.17, 15) is 5.26 Å². The second-order valence-corrected chi connectivity index (χ2v) is 6.89. The molecule has 0 spiro atoms. The van der Waals surface area contributed by atoms with Gasteiger partial charge in [0.1, 0.15) is 11.8 Å². The van der Waals surface area contributed by atoms with Crippen LogP contribution < -0.4 is 9.64 Å². The maximum atomic E-state index is 9.41. The number of methoxy groups -OCH3 is 1. The summed E-state index contributed by atoms with van der Waals surface area (Å²) in [5.74, 6) is 2.08. The third kappa shape index (κ3) is 3.70. The van der Waals surface area contributed by atoms with Crippen molar-refractivity contribution in [1.82, 2.24) is 9.88 Å². The third-order valence-electron chi connectivity index (χ3n) is 4.76. The van der Waals surface area contributed by atoms with Crippen molar-refractivity contribution in [2.45, 2.75) is 6.54 Å². The summed E-state index contributed by atoms with van der Waals surface area (Å²) in [5.41, 5.74) is 1.34. The molecule has 3 aromatic rings. The van der Waals surface area contributed by atoms with E-state index in [1.54, 1.807) is 25.5 Å². The standard InChI is InChI=1S/C20H19ClN4O3/c1-26-15-5-4-14(16(21)11-15)13-24-6-8-25(9-7-24)20-17(12-22)23-19(28-20)18-3-2-10-27-18/h2-5,10-11H,6-9,13H2,1H3. The Morgan fingerprint density at radius 3 is 2.71 bits per heavy atom. The van der Waals surface area contributed by atoms with E-state index in [4.69, 9.17) is 25.2 Å². The van der Waals surface area contributed by atoms with Gasteiger partial charge in [0.15, 0.2) is 5.76 Å². The third-order valence-corrected chi connectivity index (χ3v) is 5.11. The van der Waals surface area contributed by atoms with E-state index in [-0.39, 0.29) is 5.69 Å². The normalized spacial score (nSPS) is 14.8. The van der Waals surface area contributed by atoms with Crippen LogP contribution in [0.25, 0.3) is 11.7 Å². The number of halogens is 1. The number of furan rings is 1. The number of rotatable bonds is 5. The number of oxazole rings is 1. The van der Waals surface area contributed by atoms with Gasteiger partial charge in [0.25, 0.3) is 5.89 Å².